The number of aliphatic hydroxyl groups is 20. The third-order valence-corrected chi connectivity index (χ3v) is 17.7. The number of amides is 1. The van der Waals surface area contributed by atoms with E-state index in [4.69, 9.17) is 66.3 Å². The van der Waals surface area contributed by atoms with Crippen LogP contribution in [0.4, 0.5) is 0 Å². The van der Waals surface area contributed by atoms with Gasteiger partial charge in [0.15, 0.2) is 44.0 Å². The summed E-state index contributed by atoms with van der Waals surface area (Å²) in [4.78, 5) is 49.5. The van der Waals surface area contributed by atoms with Crippen LogP contribution in [-0.4, -0.2) is 465 Å². The summed E-state index contributed by atoms with van der Waals surface area (Å²) in [5.74, 6) is -4.93. The minimum absolute atomic E-state index is 0. The van der Waals surface area contributed by atoms with Crippen LogP contribution in [-0.2, 0) is 103 Å². The van der Waals surface area contributed by atoms with Gasteiger partial charge in [0.2, 0.25) is 5.91 Å². The zero-order valence-corrected chi connectivity index (χ0v) is 54.0. The largest absolute Gasteiger partial charge is 0.480 e. The van der Waals surface area contributed by atoms with E-state index >= 15 is 0 Å². The van der Waals surface area contributed by atoms with Gasteiger partial charge in [-0.05, 0) is 0 Å². The predicted octanol–water partition coefficient (Wildman–Crippen LogP) is -17.7. The Morgan fingerprint density at radius 2 is 0.480 bits per heavy atom. The van der Waals surface area contributed by atoms with Gasteiger partial charge in [-0.25, -0.2) is 0 Å². The molecule has 100 heavy (non-hydrogen) atoms. The van der Waals surface area contributed by atoms with E-state index in [1.807, 2.05) is 0 Å². The maximum Gasteiger partial charge on any atom is 0.317 e. The molecule has 0 aliphatic carbocycles. The number of hydrogen-bond donors (Lipinski definition) is 25. The number of nitrogens with one attached hydrogen (secondary N) is 2. The molecule has 45 nitrogen and oxygen atoms in total. The van der Waals surface area contributed by atoms with Gasteiger partial charge in [-0.2, -0.15) is 0 Å². The van der Waals surface area contributed by atoms with Gasteiger partial charge in [0.05, 0.1) is 65.8 Å². The Morgan fingerprint density at radius 1 is 0.280 bits per heavy atom. The van der Waals surface area contributed by atoms with Gasteiger partial charge in [0.25, 0.3) is 0 Å². The Morgan fingerprint density at radius 3 is 0.690 bits per heavy atom. The number of nitrogens with zero attached hydrogens (tertiary/aromatic N) is 2. The molecule has 21 aliphatic heterocycles. The van der Waals surface area contributed by atoms with Crippen LogP contribution in [0.15, 0.2) is 0 Å². The monoisotopic (exact) mass is 1500 g/mol. The number of carboxylic acid groups (broad SMARTS) is 3. The van der Waals surface area contributed by atoms with E-state index in [1.54, 1.807) is 0 Å². The molecule has 0 unspecified atom stereocenters. The fourth-order valence-corrected chi connectivity index (χ4v) is 12.5. The van der Waals surface area contributed by atoms with Crippen LogP contribution in [0.3, 0.4) is 0 Å². The number of carboxylic acids is 3. The normalized spacial score (nSPS) is 45.2. The third kappa shape index (κ3) is 19.8. The average molecular weight is 1500 g/mol. The van der Waals surface area contributed by atoms with Gasteiger partial charge in [0, 0.05) is 50.1 Å². The fraction of sp³-hybridized carbons (Fsp3) is 0.926. The SMILES string of the molecule is O=C(O)CN(CCN(CC(=O)O)CC(=O)NCCNC[C@H]1O[C@@H]2O[C@H]3[C@H](O)[C@@H](O)[C@@H](O[C@H]4[C@H](O)[C@@H](O)[C@@H](O[C@H]5[C@H](O)[C@@H](O)[C@@H](O[C@H]6[C@H](O)[C@@H](O)[C@@H](O[C@H]7[C@H](O)[C@@H](O)[C@@H](O[C@H]8[C@H](O)[C@@H](O)[C@@H](O[C@H]1[C@H](O)[C@H]2O)O[C@@H]8CO)O[C@@H]7CO)O[C@@H]6CO)O[C@@H]5CO)O[C@@H]4CO)O[C@@H]3CO)CC(=O)O.[Cr]. The maximum atomic E-state index is 13.1. The fourth-order valence-electron chi connectivity index (χ4n) is 12.5. The zero-order chi connectivity index (χ0) is 72.6. The van der Waals surface area contributed by atoms with E-state index in [0.717, 1.165) is 9.80 Å². The number of ether oxygens (including phenoxy) is 14. The van der Waals surface area contributed by atoms with Crippen LogP contribution in [0.2, 0.25) is 0 Å². The Bertz CT molecular complexity index is 2520. The molecule has 21 fully saturated rings. The van der Waals surface area contributed by atoms with Crippen LogP contribution in [0.5, 0.6) is 0 Å². The summed E-state index contributed by atoms with van der Waals surface area (Å²) in [6, 6.07) is 0. The molecule has 21 rings (SSSR count). The molecular weight excluding hydrogens is 1410 g/mol. The van der Waals surface area contributed by atoms with Crippen molar-refractivity contribution in [3.05, 3.63) is 0 Å². The maximum absolute atomic E-state index is 13.1. The van der Waals surface area contributed by atoms with Gasteiger partial charge < -0.3 is 194 Å². The summed E-state index contributed by atoms with van der Waals surface area (Å²) in [5, 5.41) is 258. The molecule has 21 heterocycles. The smallest absolute Gasteiger partial charge is 0.317 e. The Hall–Kier alpha value is -3.07. The summed E-state index contributed by atoms with van der Waals surface area (Å²) in [6.07, 6.45) is -72.6. The minimum Gasteiger partial charge on any atom is -0.480 e. The standard InChI is InChI=1S/C54H90N4O41.Cr/c59-10-17-42-29(74)36(81)50(88-17)96-44-19(12-61)90-52(38(83)31(44)76)98-46-21(14-63)92-54(40(85)33(46)78)99-47-22(15-64)91-53(39(84)32(47)77)97-45-20(13-62)89-51(37(82)30(45)75)95-43-18(11-60)87-49(35(80)28(43)73)93-41-16(86-48(94-42)34(79)27(41)72)5-55-1-2-56-23(65)6-57(7-24(66)67)3-4-58(8-25(68)69)9-26(70)71;/h16-22,27-55,59-64,72-85H,1-15H2,(H,56,65)(H,66,67)(H,68,69)(H,70,71);/t16-,17-,18-,19-,20-,21-,22-,27-,28-,29-,30-,31-,32-,33-,34-,35-,36-,37-,38-,39-,40-,41-,42-,43-,44-,45-,46-,47-,48-,49-,50-,51-,52-,53-,54-;/m1./s1. The van der Waals surface area contributed by atoms with Gasteiger partial charge >= 0.3 is 17.9 Å². The molecule has 0 radical (unpaired) electrons. The molecule has 578 valence electrons. The zero-order valence-electron chi connectivity index (χ0n) is 52.8. The summed E-state index contributed by atoms with van der Waals surface area (Å²) < 4.78 is 81.1. The van der Waals surface area contributed by atoms with Gasteiger partial charge in [0.1, 0.15) is 171 Å². The van der Waals surface area contributed by atoms with Crippen molar-refractivity contribution in [2.75, 3.05) is 98.5 Å². The number of hydrogen-bond acceptors (Lipinski definition) is 41. The van der Waals surface area contributed by atoms with E-state index in [-0.39, 0.29) is 43.5 Å². The number of rotatable bonds is 22. The quantitative estimate of drug-likeness (QED) is 0.0448. The molecule has 0 aromatic carbocycles. The Labute approximate surface area is 576 Å². The van der Waals surface area contributed by atoms with Crippen molar-refractivity contribution < 1.29 is 220 Å². The van der Waals surface area contributed by atoms with Crippen LogP contribution >= 0.6 is 0 Å². The van der Waals surface area contributed by atoms with Crippen molar-refractivity contribution in [2.45, 2.75) is 215 Å². The Kier molecular flexibility index (Phi) is 32.0. The second-order valence-electron chi connectivity index (χ2n) is 24.6. The van der Waals surface area contributed by atoms with Crippen LogP contribution in [0.25, 0.3) is 0 Å². The van der Waals surface area contributed by atoms with E-state index in [2.05, 4.69) is 10.6 Å². The number of aliphatic hydroxyl groups excluding tert-OH is 20. The van der Waals surface area contributed by atoms with Crippen molar-refractivity contribution in [3.8, 4) is 0 Å². The average Bonchev–Trinajstić information content (AvgIpc) is 0.779. The Balaban J connectivity index is 0.0000140. The van der Waals surface area contributed by atoms with Crippen molar-refractivity contribution in [1.82, 2.24) is 20.4 Å². The molecule has 21 aliphatic rings. The molecule has 35 atom stereocenters. The first-order valence-electron chi connectivity index (χ1n) is 31.4. The van der Waals surface area contributed by atoms with Gasteiger partial charge in [-0.1, -0.05) is 0 Å². The molecule has 0 spiro atoms. The first-order valence-corrected chi connectivity index (χ1v) is 31.4. The molecule has 1 amide bonds. The van der Waals surface area contributed by atoms with Crippen LogP contribution in [0, 0.1) is 0 Å². The molecule has 14 bridgehead atoms. The summed E-state index contributed by atoms with van der Waals surface area (Å²) in [7, 11) is 0. The van der Waals surface area contributed by atoms with E-state index in [9.17, 15) is 137 Å². The second-order valence-corrected chi connectivity index (χ2v) is 24.6. The molecule has 46 heteroatoms. The molecule has 0 saturated carbocycles. The van der Waals surface area contributed by atoms with Gasteiger partial charge in [-0.3, -0.25) is 29.0 Å². The van der Waals surface area contributed by atoms with Gasteiger partial charge in [-0.15, -0.1) is 0 Å². The number of carbonyl (C=O) groups excluding carboxylic acids is 1. The third-order valence-electron chi connectivity index (χ3n) is 17.7. The first kappa shape index (κ1) is 84.2. The number of carbonyl (C=O) groups is 4. The minimum atomic E-state index is -2.31. The number of aliphatic carboxylic acids is 3. The summed E-state index contributed by atoms with van der Waals surface area (Å²) in [5.41, 5.74) is 0. The van der Waals surface area contributed by atoms with E-state index in [0.29, 0.717) is 0 Å². The van der Waals surface area contributed by atoms with E-state index in [1.165, 1.54) is 0 Å². The van der Waals surface area contributed by atoms with Crippen LogP contribution in [0.1, 0.15) is 0 Å². The van der Waals surface area contributed by atoms with Crippen LogP contribution < -0.4 is 10.6 Å². The molecule has 25 N–H and O–H groups in total. The molecular formula is C54H90CrN4O41. The summed E-state index contributed by atoms with van der Waals surface area (Å²) in [6.45, 7) is -11.0. The van der Waals surface area contributed by atoms with Crippen molar-refractivity contribution in [3.63, 3.8) is 0 Å². The van der Waals surface area contributed by atoms with Crippen molar-refractivity contribution in [2.24, 2.45) is 0 Å². The molecule has 0 aromatic rings. The van der Waals surface area contributed by atoms with Crippen molar-refractivity contribution >= 4 is 23.8 Å². The second kappa shape index (κ2) is 38.0. The predicted molar refractivity (Wildman–Crippen MR) is 303 cm³/mol. The molecule has 0 aromatic heterocycles. The topological polar surface area (TPSA) is 693 Å². The molecule has 21 saturated heterocycles. The summed E-state index contributed by atoms with van der Waals surface area (Å²) >= 11 is 0. The first-order chi connectivity index (χ1) is 47.0. The van der Waals surface area contributed by atoms with Crippen molar-refractivity contribution in [1.29, 1.82) is 0 Å². The van der Waals surface area contributed by atoms with E-state index < -0.39 is 311 Å².